The molecule has 2 amide bonds. The van der Waals surface area contributed by atoms with Gasteiger partial charge in [0.25, 0.3) is 0 Å². The lowest BCUT2D eigenvalue weighted by Gasteiger charge is -2.29. The Hall–Kier alpha value is -4.77. The Labute approximate surface area is 215 Å². The number of hydrogen-bond donors (Lipinski definition) is 2. The molecule has 3 aromatic carbocycles. The molecule has 0 fully saturated rings. The SMILES string of the molecule is COc1cccc(CCC2=C(C(=O)OCc3cccc(C#N)c3)C(c3cccc(OC)c3)NC(=O)N2)c1. The number of nitriles is 1. The summed E-state index contributed by atoms with van der Waals surface area (Å²) < 4.78 is 16.3. The fourth-order valence-corrected chi connectivity index (χ4v) is 4.18. The molecule has 188 valence electrons. The molecule has 8 heteroatoms. The third-order valence-electron chi connectivity index (χ3n) is 6.02. The minimum absolute atomic E-state index is 0.0141. The van der Waals surface area contributed by atoms with Gasteiger partial charge in [-0.25, -0.2) is 9.59 Å². The van der Waals surface area contributed by atoms with E-state index in [2.05, 4.69) is 16.7 Å². The Morgan fingerprint density at radius 2 is 1.62 bits per heavy atom. The van der Waals surface area contributed by atoms with Crippen LogP contribution in [0.1, 0.15) is 34.7 Å². The number of benzene rings is 3. The molecule has 0 aromatic heterocycles. The molecule has 1 unspecified atom stereocenters. The van der Waals surface area contributed by atoms with Crippen molar-refractivity contribution in [3.05, 3.63) is 106 Å². The molecular weight excluding hydrogens is 470 g/mol. The van der Waals surface area contributed by atoms with E-state index in [1.165, 1.54) is 0 Å². The molecule has 1 heterocycles. The van der Waals surface area contributed by atoms with Gasteiger partial charge in [-0.05, 0) is 65.9 Å². The first kappa shape index (κ1) is 25.3. The molecule has 1 aliphatic heterocycles. The van der Waals surface area contributed by atoms with Crippen LogP contribution in [-0.4, -0.2) is 26.2 Å². The van der Waals surface area contributed by atoms with Crippen LogP contribution in [0, 0.1) is 11.3 Å². The Balaban J connectivity index is 1.66. The van der Waals surface area contributed by atoms with Gasteiger partial charge < -0.3 is 24.8 Å². The van der Waals surface area contributed by atoms with Crippen LogP contribution in [0.2, 0.25) is 0 Å². The normalized spacial score (nSPS) is 14.7. The molecule has 4 rings (SSSR count). The van der Waals surface area contributed by atoms with Crippen LogP contribution < -0.4 is 20.1 Å². The summed E-state index contributed by atoms with van der Waals surface area (Å²) in [7, 11) is 3.16. The summed E-state index contributed by atoms with van der Waals surface area (Å²) in [5, 5.41) is 14.8. The van der Waals surface area contributed by atoms with Crippen molar-refractivity contribution in [2.75, 3.05) is 14.2 Å². The highest BCUT2D eigenvalue weighted by atomic mass is 16.5. The van der Waals surface area contributed by atoms with E-state index in [0.29, 0.717) is 46.6 Å². The maximum Gasteiger partial charge on any atom is 0.338 e. The molecule has 0 aliphatic carbocycles. The molecule has 0 bridgehead atoms. The summed E-state index contributed by atoms with van der Waals surface area (Å²) in [5.74, 6) is 0.766. The number of methoxy groups -OCH3 is 2. The van der Waals surface area contributed by atoms with Crippen LogP contribution in [0.25, 0.3) is 0 Å². The van der Waals surface area contributed by atoms with Crippen LogP contribution in [0.4, 0.5) is 4.79 Å². The van der Waals surface area contributed by atoms with E-state index in [4.69, 9.17) is 19.5 Å². The van der Waals surface area contributed by atoms with E-state index in [1.807, 2.05) is 30.3 Å². The third-order valence-corrected chi connectivity index (χ3v) is 6.02. The Bertz CT molecular complexity index is 1380. The van der Waals surface area contributed by atoms with E-state index < -0.39 is 18.0 Å². The summed E-state index contributed by atoms with van der Waals surface area (Å²) in [4.78, 5) is 26.2. The zero-order chi connectivity index (χ0) is 26.2. The second-order valence-corrected chi connectivity index (χ2v) is 8.44. The first-order valence-corrected chi connectivity index (χ1v) is 11.7. The van der Waals surface area contributed by atoms with E-state index in [1.54, 1.807) is 56.7 Å². The summed E-state index contributed by atoms with van der Waals surface area (Å²) in [5.41, 5.74) is 3.65. The molecule has 1 atom stereocenters. The first-order chi connectivity index (χ1) is 18.0. The molecule has 1 aliphatic rings. The average molecular weight is 498 g/mol. The lowest BCUT2D eigenvalue weighted by atomic mass is 9.93. The summed E-state index contributed by atoms with van der Waals surface area (Å²) >= 11 is 0. The largest absolute Gasteiger partial charge is 0.497 e. The summed E-state index contributed by atoms with van der Waals surface area (Å²) in [6, 6.07) is 22.6. The second kappa shape index (κ2) is 11.8. The van der Waals surface area contributed by atoms with Gasteiger partial charge in [0, 0.05) is 5.70 Å². The molecule has 0 saturated carbocycles. The van der Waals surface area contributed by atoms with Crippen LogP contribution in [-0.2, 0) is 22.6 Å². The predicted molar refractivity (Wildman–Crippen MR) is 137 cm³/mol. The van der Waals surface area contributed by atoms with Gasteiger partial charge in [0.05, 0.1) is 37.5 Å². The number of hydrogen-bond acceptors (Lipinski definition) is 6. The highest BCUT2D eigenvalue weighted by Crippen LogP contribution is 2.31. The minimum Gasteiger partial charge on any atom is -0.497 e. The third kappa shape index (κ3) is 6.27. The van der Waals surface area contributed by atoms with Crippen LogP contribution in [0.3, 0.4) is 0 Å². The van der Waals surface area contributed by atoms with Crippen molar-refractivity contribution in [2.24, 2.45) is 0 Å². The van der Waals surface area contributed by atoms with Gasteiger partial charge in [-0.3, -0.25) is 0 Å². The number of nitrogens with zero attached hydrogens (tertiary/aromatic N) is 1. The number of ether oxygens (including phenoxy) is 3. The lowest BCUT2D eigenvalue weighted by molar-refractivity contribution is -0.140. The van der Waals surface area contributed by atoms with Gasteiger partial charge in [-0.1, -0.05) is 36.4 Å². The standard InChI is InChI=1S/C29H27N3O5/c1-35-23-10-4-6-19(15-23)12-13-25-26(28(33)37-18-21-8-3-7-20(14-21)17-30)27(32-29(34)31-25)22-9-5-11-24(16-22)36-2/h3-11,14-16,27H,12-13,18H2,1-2H3,(H2,31,32,34). The number of amides is 2. The second-order valence-electron chi connectivity index (χ2n) is 8.44. The molecule has 0 saturated heterocycles. The van der Waals surface area contributed by atoms with Crippen molar-refractivity contribution in [3.8, 4) is 17.6 Å². The predicted octanol–water partition coefficient (Wildman–Crippen LogP) is 4.56. The topological polar surface area (TPSA) is 110 Å². The van der Waals surface area contributed by atoms with E-state index in [9.17, 15) is 9.59 Å². The maximum absolute atomic E-state index is 13.5. The van der Waals surface area contributed by atoms with Crippen LogP contribution >= 0.6 is 0 Å². The average Bonchev–Trinajstić information content (AvgIpc) is 2.94. The molecule has 8 nitrogen and oxygen atoms in total. The molecule has 0 radical (unpaired) electrons. The summed E-state index contributed by atoms with van der Waals surface area (Å²) in [6.07, 6.45) is 0.966. The highest BCUT2D eigenvalue weighted by Gasteiger charge is 2.34. The van der Waals surface area contributed by atoms with Gasteiger partial charge in [0.1, 0.15) is 18.1 Å². The number of allylic oxidation sites excluding steroid dienone is 1. The Kier molecular flexibility index (Phi) is 8.06. The highest BCUT2D eigenvalue weighted by molar-refractivity contribution is 5.95. The van der Waals surface area contributed by atoms with Crippen molar-refractivity contribution in [1.29, 1.82) is 5.26 Å². The Morgan fingerprint density at radius 1 is 0.919 bits per heavy atom. The smallest absolute Gasteiger partial charge is 0.338 e. The number of nitrogens with one attached hydrogen (secondary N) is 2. The summed E-state index contributed by atoms with van der Waals surface area (Å²) in [6.45, 7) is -0.0141. The monoisotopic (exact) mass is 497 g/mol. The van der Waals surface area contributed by atoms with Gasteiger partial charge >= 0.3 is 12.0 Å². The van der Waals surface area contributed by atoms with Crippen molar-refractivity contribution in [2.45, 2.75) is 25.5 Å². The van der Waals surface area contributed by atoms with E-state index >= 15 is 0 Å². The van der Waals surface area contributed by atoms with Crippen LogP contribution in [0.15, 0.2) is 84.1 Å². The van der Waals surface area contributed by atoms with Gasteiger partial charge in [-0.2, -0.15) is 5.26 Å². The Morgan fingerprint density at radius 3 is 2.38 bits per heavy atom. The maximum atomic E-state index is 13.5. The minimum atomic E-state index is -0.734. The fourth-order valence-electron chi connectivity index (χ4n) is 4.18. The van der Waals surface area contributed by atoms with Crippen molar-refractivity contribution in [1.82, 2.24) is 10.6 Å². The number of esters is 1. The van der Waals surface area contributed by atoms with Crippen molar-refractivity contribution >= 4 is 12.0 Å². The number of urea groups is 1. The lowest BCUT2D eigenvalue weighted by Crippen LogP contribution is -2.46. The molecule has 37 heavy (non-hydrogen) atoms. The van der Waals surface area contributed by atoms with Crippen molar-refractivity contribution < 1.29 is 23.8 Å². The zero-order valence-corrected chi connectivity index (χ0v) is 20.6. The van der Waals surface area contributed by atoms with Crippen molar-refractivity contribution in [3.63, 3.8) is 0 Å². The molecule has 3 aromatic rings. The number of carbonyl (C=O) groups excluding carboxylic acids is 2. The quantitative estimate of drug-likeness (QED) is 0.420. The van der Waals surface area contributed by atoms with Gasteiger partial charge in [-0.15, -0.1) is 0 Å². The van der Waals surface area contributed by atoms with E-state index in [-0.39, 0.29) is 6.61 Å². The molecule has 2 N–H and O–H groups in total. The molecule has 0 spiro atoms. The van der Waals surface area contributed by atoms with Crippen LogP contribution in [0.5, 0.6) is 11.5 Å². The number of aryl methyl sites for hydroxylation is 1. The van der Waals surface area contributed by atoms with Gasteiger partial charge in [0.2, 0.25) is 0 Å². The number of carbonyl (C=O) groups is 2. The zero-order valence-electron chi connectivity index (χ0n) is 20.6. The van der Waals surface area contributed by atoms with Gasteiger partial charge in [0.15, 0.2) is 0 Å². The first-order valence-electron chi connectivity index (χ1n) is 11.7. The molecular formula is C29H27N3O5. The number of rotatable bonds is 9. The fraction of sp³-hybridized carbons (Fsp3) is 0.207. The van der Waals surface area contributed by atoms with E-state index in [0.717, 1.165) is 11.3 Å².